The third kappa shape index (κ3) is 3.16. The van der Waals surface area contributed by atoms with Crippen molar-refractivity contribution in [2.45, 2.75) is 31.7 Å². The third-order valence-electron chi connectivity index (χ3n) is 5.68. The van der Waals surface area contributed by atoms with Crippen LogP contribution in [0.3, 0.4) is 0 Å². The average Bonchev–Trinajstić information content (AvgIpc) is 3.16. The molecule has 0 saturated carbocycles. The Morgan fingerprint density at radius 2 is 2.03 bits per heavy atom. The molecule has 11 heteroatoms. The molecule has 31 heavy (non-hydrogen) atoms. The van der Waals surface area contributed by atoms with Crippen LogP contribution in [0.15, 0.2) is 36.8 Å². The first-order chi connectivity index (χ1) is 14.9. The van der Waals surface area contributed by atoms with Gasteiger partial charge in [0.2, 0.25) is 0 Å². The van der Waals surface area contributed by atoms with Gasteiger partial charge in [-0.2, -0.15) is 13.2 Å². The van der Waals surface area contributed by atoms with Crippen LogP contribution in [0.5, 0.6) is 0 Å². The number of amides is 1. The molecule has 5 rings (SSSR count). The number of fused-ring (bicyclic) bond motifs is 4. The second-order valence-electron chi connectivity index (χ2n) is 7.48. The monoisotopic (exact) mass is 430 g/mol. The molecule has 3 aromatic rings. The van der Waals surface area contributed by atoms with E-state index in [1.807, 2.05) is 4.57 Å². The van der Waals surface area contributed by atoms with Crippen molar-refractivity contribution in [3.63, 3.8) is 0 Å². The number of ether oxygens (including phenoxy) is 1. The lowest BCUT2D eigenvalue weighted by Gasteiger charge is -2.45. The Bertz CT molecular complexity index is 1150. The number of nitrogens with zero attached hydrogens (tertiary/aromatic N) is 6. The Labute approximate surface area is 174 Å². The first-order valence-corrected chi connectivity index (χ1v) is 9.63. The summed E-state index contributed by atoms with van der Waals surface area (Å²) < 4.78 is 47.6. The smallest absolute Gasteiger partial charge is 0.377 e. The third-order valence-corrected chi connectivity index (χ3v) is 5.68. The fourth-order valence-electron chi connectivity index (χ4n) is 4.25. The minimum absolute atomic E-state index is 0.0221. The lowest BCUT2D eigenvalue weighted by atomic mass is 9.97. The lowest BCUT2D eigenvalue weighted by molar-refractivity contribution is -0.138. The van der Waals surface area contributed by atoms with Gasteiger partial charge in [-0.25, -0.2) is 4.98 Å². The Kier molecular flexibility index (Phi) is 4.50. The van der Waals surface area contributed by atoms with Gasteiger partial charge in [-0.15, -0.1) is 10.2 Å². The van der Waals surface area contributed by atoms with E-state index in [9.17, 15) is 18.0 Å². The van der Waals surface area contributed by atoms with E-state index >= 15 is 0 Å². The quantitative estimate of drug-likeness (QED) is 0.622. The molecule has 2 aromatic heterocycles. The molecule has 0 spiro atoms. The van der Waals surface area contributed by atoms with Crippen LogP contribution in [0.4, 0.5) is 13.2 Å². The molecule has 0 radical (unpaired) electrons. The summed E-state index contributed by atoms with van der Waals surface area (Å²) in [6.45, 7) is 2.10. The van der Waals surface area contributed by atoms with Crippen LogP contribution in [0.1, 0.15) is 33.4 Å². The Hall–Kier alpha value is -3.34. The van der Waals surface area contributed by atoms with Crippen LogP contribution in [0.2, 0.25) is 0 Å². The molecule has 0 aliphatic carbocycles. The number of carbonyl (C=O) groups excluding carboxylic acids is 1. The molecule has 8 nitrogen and oxygen atoms in total. The molecule has 2 unspecified atom stereocenters. The van der Waals surface area contributed by atoms with Crippen LogP contribution in [0.25, 0.3) is 11.5 Å². The second-order valence-corrected chi connectivity index (χ2v) is 7.48. The molecule has 0 N–H and O–H groups in total. The van der Waals surface area contributed by atoms with Gasteiger partial charge in [0.15, 0.2) is 11.6 Å². The van der Waals surface area contributed by atoms with Crippen molar-refractivity contribution in [3.05, 3.63) is 59.3 Å². The summed E-state index contributed by atoms with van der Waals surface area (Å²) in [4.78, 5) is 23.3. The molecule has 1 fully saturated rings. The SMILES string of the molecule is Cc1c(C(=O)N2C3COCC2c2nnc(-c4cnccn4)n2C3)cccc1C(F)(F)F. The van der Waals surface area contributed by atoms with E-state index in [-0.39, 0.29) is 30.4 Å². The Morgan fingerprint density at radius 3 is 2.77 bits per heavy atom. The number of benzene rings is 1. The molecule has 2 aliphatic heterocycles. The highest BCUT2D eigenvalue weighted by Gasteiger charge is 2.45. The highest BCUT2D eigenvalue weighted by Crippen LogP contribution is 2.38. The van der Waals surface area contributed by atoms with Crippen molar-refractivity contribution in [1.29, 1.82) is 0 Å². The van der Waals surface area contributed by atoms with Crippen molar-refractivity contribution in [2.24, 2.45) is 0 Å². The van der Waals surface area contributed by atoms with Crippen LogP contribution < -0.4 is 0 Å². The lowest BCUT2D eigenvalue weighted by Crippen LogP contribution is -2.56. The highest BCUT2D eigenvalue weighted by molar-refractivity contribution is 5.96. The number of hydrogen-bond donors (Lipinski definition) is 0. The molecule has 2 bridgehead atoms. The molecule has 1 amide bonds. The molecule has 2 atom stereocenters. The Morgan fingerprint density at radius 1 is 1.19 bits per heavy atom. The van der Waals surface area contributed by atoms with Crippen molar-refractivity contribution < 1.29 is 22.7 Å². The minimum Gasteiger partial charge on any atom is -0.377 e. The number of aromatic nitrogens is 5. The van der Waals surface area contributed by atoms with Crippen molar-refractivity contribution >= 4 is 5.91 Å². The topological polar surface area (TPSA) is 86.0 Å². The van der Waals surface area contributed by atoms with Gasteiger partial charge in [0.25, 0.3) is 5.91 Å². The summed E-state index contributed by atoms with van der Waals surface area (Å²) >= 11 is 0. The summed E-state index contributed by atoms with van der Waals surface area (Å²) in [6, 6.07) is 2.73. The van der Waals surface area contributed by atoms with Gasteiger partial charge in [-0.05, 0) is 24.6 Å². The van der Waals surface area contributed by atoms with E-state index in [4.69, 9.17) is 4.74 Å². The predicted octanol–water partition coefficient (Wildman–Crippen LogP) is 2.66. The first kappa shape index (κ1) is 19.6. The fourth-order valence-corrected chi connectivity index (χ4v) is 4.25. The number of rotatable bonds is 2. The zero-order valence-electron chi connectivity index (χ0n) is 16.4. The van der Waals surface area contributed by atoms with E-state index in [1.54, 1.807) is 23.5 Å². The first-order valence-electron chi connectivity index (χ1n) is 9.63. The molecule has 1 saturated heterocycles. The number of morpholine rings is 1. The van der Waals surface area contributed by atoms with E-state index in [0.29, 0.717) is 23.9 Å². The van der Waals surface area contributed by atoms with E-state index in [2.05, 4.69) is 20.2 Å². The maximum Gasteiger partial charge on any atom is 0.416 e. The highest BCUT2D eigenvalue weighted by atomic mass is 19.4. The summed E-state index contributed by atoms with van der Waals surface area (Å²) in [5.74, 6) is 0.564. The number of alkyl halides is 3. The summed E-state index contributed by atoms with van der Waals surface area (Å²) in [7, 11) is 0. The minimum atomic E-state index is -4.53. The van der Waals surface area contributed by atoms with E-state index in [0.717, 1.165) is 6.07 Å². The van der Waals surface area contributed by atoms with Crippen molar-refractivity contribution in [3.8, 4) is 11.5 Å². The molecule has 2 aliphatic rings. The standard InChI is InChI=1S/C20H17F3N6O2/c1-11-13(3-2-4-14(11)20(21,22)23)19(30)29-12-8-28-17(15-7-24-5-6-25-15)26-27-18(28)16(29)10-31-9-12/h2-7,12,16H,8-10H2,1H3. The maximum absolute atomic E-state index is 13.4. The van der Waals surface area contributed by atoms with Gasteiger partial charge in [0.1, 0.15) is 11.7 Å². The second kappa shape index (κ2) is 7.12. The van der Waals surface area contributed by atoms with E-state index < -0.39 is 23.7 Å². The van der Waals surface area contributed by atoms with Gasteiger partial charge in [-0.3, -0.25) is 9.78 Å². The van der Waals surface area contributed by atoms with Gasteiger partial charge < -0.3 is 14.2 Å². The average molecular weight is 430 g/mol. The molecule has 4 heterocycles. The van der Waals surface area contributed by atoms with Gasteiger partial charge in [0.05, 0.1) is 31.0 Å². The zero-order valence-corrected chi connectivity index (χ0v) is 16.4. The van der Waals surface area contributed by atoms with Crippen LogP contribution in [-0.4, -0.2) is 54.8 Å². The summed E-state index contributed by atoms with van der Waals surface area (Å²) in [5.41, 5.74) is -0.335. The maximum atomic E-state index is 13.4. The normalized spacial score (nSPS) is 20.5. The fraction of sp³-hybridized carbons (Fsp3) is 0.350. The van der Waals surface area contributed by atoms with Crippen molar-refractivity contribution in [2.75, 3.05) is 13.2 Å². The molecule has 1 aromatic carbocycles. The molecule has 160 valence electrons. The number of carbonyl (C=O) groups is 1. The van der Waals surface area contributed by atoms with Gasteiger partial charge in [0, 0.05) is 24.5 Å². The summed E-state index contributed by atoms with van der Waals surface area (Å²) in [6.07, 6.45) is 0.146. The molecular weight excluding hydrogens is 413 g/mol. The van der Waals surface area contributed by atoms with Crippen molar-refractivity contribution in [1.82, 2.24) is 29.6 Å². The summed E-state index contributed by atoms with van der Waals surface area (Å²) in [5, 5.41) is 8.48. The van der Waals surface area contributed by atoms with Crippen LogP contribution in [0, 0.1) is 6.92 Å². The van der Waals surface area contributed by atoms with E-state index in [1.165, 1.54) is 19.1 Å². The molecular formula is C20H17F3N6O2. The predicted molar refractivity (Wildman–Crippen MR) is 101 cm³/mol. The number of hydrogen-bond acceptors (Lipinski definition) is 6. The van der Waals surface area contributed by atoms with Gasteiger partial charge in [-0.1, -0.05) is 6.07 Å². The Balaban J connectivity index is 1.55. The zero-order chi connectivity index (χ0) is 21.8. The largest absolute Gasteiger partial charge is 0.416 e. The van der Waals surface area contributed by atoms with Gasteiger partial charge >= 0.3 is 6.18 Å². The van der Waals surface area contributed by atoms with Crippen LogP contribution >= 0.6 is 0 Å². The van der Waals surface area contributed by atoms with Crippen LogP contribution in [-0.2, 0) is 17.5 Å². The number of halogens is 3.